The van der Waals surface area contributed by atoms with Crippen LogP contribution in [0.3, 0.4) is 0 Å². The summed E-state index contributed by atoms with van der Waals surface area (Å²) < 4.78 is 16.9. The van der Waals surface area contributed by atoms with Crippen LogP contribution in [0.25, 0.3) is 0 Å². The molecule has 1 atom stereocenters. The molecule has 0 N–H and O–H groups in total. The number of hydrogen-bond acceptors (Lipinski definition) is 6. The van der Waals surface area contributed by atoms with Gasteiger partial charge in [0.1, 0.15) is 13.2 Å². The fourth-order valence-electron chi connectivity index (χ4n) is 10.2. The summed E-state index contributed by atoms with van der Waals surface area (Å²) in [7, 11) is 0. The van der Waals surface area contributed by atoms with Crippen LogP contribution >= 0.6 is 0 Å². The van der Waals surface area contributed by atoms with Crippen LogP contribution in [0.15, 0.2) is 72.9 Å². The van der Waals surface area contributed by atoms with Gasteiger partial charge in [-0.3, -0.25) is 14.4 Å². The average molecular weight is 1120 g/mol. The maximum absolute atomic E-state index is 12.9. The van der Waals surface area contributed by atoms with Crippen molar-refractivity contribution in [3.8, 4) is 0 Å². The summed E-state index contributed by atoms with van der Waals surface area (Å²) in [5.74, 6) is -0.865. The molecule has 0 aliphatic carbocycles. The lowest BCUT2D eigenvalue weighted by molar-refractivity contribution is -0.167. The first-order valence-corrected chi connectivity index (χ1v) is 34.9. The Morgan fingerprint density at radius 2 is 0.487 bits per heavy atom. The van der Waals surface area contributed by atoms with E-state index in [9.17, 15) is 14.4 Å². The maximum Gasteiger partial charge on any atom is 0.306 e. The number of esters is 3. The molecule has 6 nitrogen and oxygen atoms in total. The quantitative estimate of drug-likeness (QED) is 0.0261. The fraction of sp³-hybridized carbons (Fsp3) is 0.797. The Morgan fingerprint density at radius 3 is 0.762 bits per heavy atom. The van der Waals surface area contributed by atoms with Crippen LogP contribution in [0.1, 0.15) is 361 Å². The van der Waals surface area contributed by atoms with E-state index in [1.807, 2.05) is 0 Å². The number of rotatable bonds is 64. The van der Waals surface area contributed by atoms with Gasteiger partial charge in [-0.25, -0.2) is 0 Å². The van der Waals surface area contributed by atoms with Crippen molar-refractivity contribution in [2.45, 2.75) is 367 Å². The SMILES string of the molecule is CC/C=C\C/C=C\C/C=C\CCCCCCCCCC(=O)OC(COC(=O)CCCCCCCCCCCCCC)COC(=O)CCCCCCCCCCCCCCCCCCCC/C=C\C/C=C\C/C=C\CCCCCCC. The Balaban J connectivity index is 4.13. The van der Waals surface area contributed by atoms with E-state index in [1.165, 1.54) is 225 Å². The van der Waals surface area contributed by atoms with Gasteiger partial charge < -0.3 is 14.2 Å². The van der Waals surface area contributed by atoms with Gasteiger partial charge in [0.25, 0.3) is 0 Å². The largest absolute Gasteiger partial charge is 0.462 e. The molecule has 0 fully saturated rings. The normalized spacial score (nSPS) is 12.5. The third-order valence-corrected chi connectivity index (χ3v) is 15.4. The Bertz CT molecular complexity index is 1470. The van der Waals surface area contributed by atoms with Crippen LogP contribution in [-0.4, -0.2) is 37.2 Å². The lowest BCUT2D eigenvalue weighted by atomic mass is 10.0. The minimum atomic E-state index is -0.778. The van der Waals surface area contributed by atoms with E-state index in [1.54, 1.807) is 0 Å². The van der Waals surface area contributed by atoms with E-state index in [0.29, 0.717) is 19.3 Å². The van der Waals surface area contributed by atoms with Crippen molar-refractivity contribution in [1.29, 1.82) is 0 Å². The highest BCUT2D eigenvalue weighted by Gasteiger charge is 2.19. The number of unbranched alkanes of at least 4 members (excludes halogenated alkanes) is 41. The van der Waals surface area contributed by atoms with Crippen LogP contribution in [-0.2, 0) is 28.6 Å². The van der Waals surface area contributed by atoms with E-state index in [-0.39, 0.29) is 31.1 Å². The van der Waals surface area contributed by atoms with Crippen LogP contribution in [0, 0.1) is 0 Å². The second-order valence-electron chi connectivity index (χ2n) is 23.4. The molecule has 0 rings (SSSR count). The zero-order valence-corrected chi connectivity index (χ0v) is 53.3. The summed E-state index contributed by atoms with van der Waals surface area (Å²) >= 11 is 0. The van der Waals surface area contributed by atoms with E-state index < -0.39 is 6.10 Å². The summed E-state index contributed by atoms with van der Waals surface area (Å²) in [5, 5.41) is 0. The minimum Gasteiger partial charge on any atom is -0.462 e. The third-order valence-electron chi connectivity index (χ3n) is 15.4. The lowest BCUT2D eigenvalue weighted by Gasteiger charge is -2.18. The molecule has 0 saturated carbocycles. The van der Waals surface area contributed by atoms with Crippen LogP contribution < -0.4 is 0 Å². The molecule has 0 amide bonds. The monoisotopic (exact) mass is 1120 g/mol. The highest BCUT2D eigenvalue weighted by Crippen LogP contribution is 2.18. The molecule has 0 heterocycles. The van der Waals surface area contributed by atoms with Gasteiger partial charge in [0.15, 0.2) is 6.10 Å². The summed E-state index contributed by atoms with van der Waals surface area (Å²) in [6, 6.07) is 0. The molecule has 0 bridgehead atoms. The van der Waals surface area contributed by atoms with Crippen molar-refractivity contribution in [3.05, 3.63) is 72.9 Å². The number of carbonyl (C=O) groups excluding carboxylic acids is 3. The van der Waals surface area contributed by atoms with Gasteiger partial charge in [-0.15, -0.1) is 0 Å². The lowest BCUT2D eigenvalue weighted by Crippen LogP contribution is -2.30. The van der Waals surface area contributed by atoms with Crippen molar-refractivity contribution in [2.75, 3.05) is 13.2 Å². The van der Waals surface area contributed by atoms with Crippen molar-refractivity contribution in [1.82, 2.24) is 0 Å². The number of carbonyl (C=O) groups is 3. The van der Waals surface area contributed by atoms with E-state index >= 15 is 0 Å². The van der Waals surface area contributed by atoms with Gasteiger partial charge in [-0.05, 0) is 89.9 Å². The Hall–Kier alpha value is -3.15. The molecule has 80 heavy (non-hydrogen) atoms. The molecule has 0 aromatic heterocycles. The highest BCUT2D eigenvalue weighted by molar-refractivity contribution is 5.71. The van der Waals surface area contributed by atoms with Gasteiger partial charge in [-0.1, -0.05) is 325 Å². The zero-order chi connectivity index (χ0) is 57.8. The van der Waals surface area contributed by atoms with Gasteiger partial charge >= 0.3 is 17.9 Å². The third kappa shape index (κ3) is 65.7. The molecule has 0 aromatic rings. The molecular formula is C74H132O6. The summed E-state index contributed by atoms with van der Waals surface area (Å²) in [4.78, 5) is 38.3. The predicted octanol–water partition coefficient (Wildman–Crippen LogP) is 24.1. The average Bonchev–Trinajstić information content (AvgIpc) is 3.46. The van der Waals surface area contributed by atoms with Crippen molar-refractivity contribution >= 4 is 17.9 Å². The van der Waals surface area contributed by atoms with Crippen LogP contribution in [0.4, 0.5) is 0 Å². The molecule has 0 aromatic carbocycles. The molecule has 0 aliphatic heterocycles. The molecule has 0 radical (unpaired) electrons. The smallest absolute Gasteiger partial charge is 0.306 e. The van der Waals surface area contributed by atoms with Crippen molar-refractivity contribution < 1.29 is 28.6 Å². The Morgan fingerprint density at radius 1 is 0.263 bits per heavy atom. The number of allylic oxidation sites excluding steroid dienone is 12. The molecule has 464 valence electrons. The van der Waals surface area contributed by atoms with Crippen molar-refractivity contribution in [2.24, 2.45) is 0 Å². The number of ether oxygens (including phenoxy) is 3. The molecule has 0 saturated heterocycles. The van der Waals surface area contributed by atoms with Crippen LogP contribution in [0.2, 0.25) is 0 Å². The highest BCUT2D eigenvalue weighted by atomic mass is 16.6. The second-order valence-corrected chi connectivity index (χ2v) is 23.4. The standard InChI is InChI=1S/C74H132O6/c1-4-7-10-13-16-19-22-25-27-29-30-31-32-33-34-35-36-37-38-39-40-41-42-43-44-46-47-49-52-55-58-61-64-67-73(76)79-70-71(69-78-72(75)66-63-60-57-54-51-24-21-18-15-12-9-6-3)80-74(77)68-65-62-59-56-53-50-48-45-28-26-23-20-17-14-11-8-5-2/h8,11,17,20,22,25-26,28-30,32-33,71H,4-7,9-10,12-16,18-19,21,23-24,27,31,34-70H2,1-3H3/b11-8-,20-17-,25-22-,28-26-,30-29-,33-32-. The summed E-state index contributed by atoms with van der Waals surface area (Å²) in [6.07, 6.45) is 89.4. The first-order chi connectivity index (χ1) is 39.5. The van der Waals surface area contributed by atoms with Gasteiger partial charge in [-0.2, -0.15) is 0 Å². The molecule has 0 aliphatic rings. The second kappa shape index (κ2) is 68.3. The molecule has 6 heteroatoms. The van der Waals surface area contributed by atoms with Gasteiger partial charge in [0.05, 0.1) is 0 Å². The Kier molecular flexibility index (Phi) is 65.7. The number of hydrogen-bond donors (Lipinski definition) is 0. The maximum atomic E-state index is 12.9. The Labute approximate surface area is 497 Å². The first-order valence-electron chi connectivity index (χ1n) is 34.9. The predicted molar refractivity (Wildman–Crippen MR) is 348 cm³/mol. The van der Waals surface area contributed by atoms with Gasteiger partial charge in [0.2, 0.25) is 0 Å². The van der Waals surface area contributed by atoms with E-state index in [2.05, 4.69) is 93.7 Å². The molecular weight excluding hydrogens is 985 g/mol. The van der Waals surface area contributed by atoms with Crippen molar-refractivity contribution in [3.63, 3.8) is 0 Å². The summed E-state index contributed by atoms with van der Waals surface area (Å²) in [5.41, 5.74) is 0. The summed E-state index contributed by atoms with van der Waals surface area (Å²) in [6.45, 7) is 6.55. The zero-order valence-electron chi connectivity index (χ0n) is 53.3. The topological polar surface area (TPSA) is 78.9 Å². The molecule has 1 unspecified atom stereocenters. The van der Waals surface area contributed by atoms with Gasteiger partial charge in [0, 0.05) is 19.3 Å². The minimum absolute atomic E-state index is 0.0746. The molecule has 0 spiro atoms. The van der Waals surface area contributed by atoms with E-state index in [0.717, 1.165) is 96.3 Å². The van der Waals surface area contributed by atoms with E-state index in [4.69, 9.17) is 14.2 Å². The fourth-order valence-corrected chi connectivity index (χ4v) is 10.2. The first kappa shape index (κ1) is 76.9. The van der Waals surface area contributed by atoms with Crippen LogP contribution in [0.5, 0.6) is 0 Å².